The number of hydrogen-bond acceptors (Lipinski definition) is 24. The van der Waals surface area contributed by atoms with Gasteiger partial charge in [0.25, 0.3) is 23.6 Å². The number of primary amides is 1. The number of carbonyl (C=O) groups excluding carboxylic acids is 5. The first-order chi connectivity index (χ1) is 56.5. The molecule has 12 aromatic rings. The summed E-state index contributed by atoms with van der Waals surface area (Å²) in [6.07, 6.45) is 3.88. The minimum Gasteiger partial charge on any atom is -0.398 e. The minimum atomic E-state index is -2.66. The molecule has 13 N–H and O–H groups in total. The van der Waals surface area contributed by atoms with E-state index in [1.807, 2.05) is 125 Å². The Kier molecular flexibility index (Phi) is 23.0. The van der Waals surface area contributed by atoms with E-state index in [0.717, 1.165) is 80.4 Å². The lowest BCUT2D eigenvalue weighted by Crippen LogP contribution is -2.21. The highest BCUT2D eigenvalue weighted by atomic mass is 35.5. The minimum absolute atomic E-state index is 0.0189. The number of halogens is 5. The summed E-state index contributed by atoms with van der Waals surface area (Å²) < 4.78 is 88.7. The fourth-order valence-electron chi connectivity index (χ4n) is 9.76. The summed E-state index contributed by atoms with van der Waals surface area (Å²) in [6, 6.07) is 27.8. The summed E-state index contributed by atoms with van der Waals surface area (Å²) >= 11 is 28.8. The molecule has 8 aromatic heterocycles. The summed E-state index contributed by atoms with van der Waals surface area (Å²) in [5, 5.41) is 61.3. The Morgan fingerprint density at radius 2 is 0.917 bits per heavy atom. The Bertz CT molecular complexity index is 5760. The molecule has 1 saturated carbocycles. The van der Waals surface area contributed by atoms with E-state index in [1.54, 1.807) is 53.8 Å². The molecule has 1 fully saturated rings. The average Bonchev–Trinajstić information content (AvgIpc) is 1.25. The van der Waals surface area contributed by atoms with Crippen LogP contribution in [0.25, 0.3) is 45.4 Å². The average molecular weight is 1590 g/mol. The highest BCUT2D eigenvalue weighted by molar-refractivity contribution is 6.36. The summed E-state index contributed by atoms with van der Waals surface area (Å²) in [4.78, 5) is 78.8. The Hall–Kier alpha value is -12.2. The number of nitrogens with zero attached hydrogens (tertiary/aromatic N) is 17. The maximum absolute atomic E-state index is 12.3. The highest BCUT2D eigenvalue weighted by Crippen LogP contribution is 2.35. The number of aromatic amines is 2. The number of aryl methyl sites for hydroxylation is 6. The fraction of sp³-hybridized carbons (Fsp3) is 0.239. The molecule has 4 aromatic carbocycles. The lowest BCUT2D eigenvalue weighted by atomic mass is 10.0. The van der Waals surface area contributed by atoms with Crippen LogP contribution >= 0.6 is 58.0 Å². The van der Waals surface area contributed by atoms with Crippen molar-refractivity contribution >= 4 is 127 Å². The van der Waals surface area contributed by atoms with Crippen molar-refractivity contribution in [2.45, 2.75) is 68.2 Å². The van der Waals surface area contributed by atoms with Crippen LogP contribution in [0.15, 0.2) is 103 Å². The van der Waals surface area contributed by atoms with Gasteiger partial charge in [-0.3, -0.25) is 33.8 Å². The number of nitrogens with two attached hydrogens (primary N) is 2. The smallest absolute Gasteiger partial charge is 0.273 e. The van der Waals surface area contributed by atoms with Gasteiger partial charge in [-0.2, -0.15) is 15.3 Å². The van der Waals surface area contributed by atoms with Gasteiger partial charge in [-0.1, -0.05) is 107 Å². The number of benzene rings is 4. The third kappa shape index (κ3) is 21.8. The van der Waals surface area contributed by atoms with E-state index in [-0.39, 0.29) is 77.3 Å². The molecule has 8 heterocycles. The van der Waals surface area contributed by atoms with E-state index < -0.39 is 51.5 Å². The molecule has 33 nitrogen and oxygen atoms in total. The first-order valence-electron chi connectivity index (χ1n) is 38.0. The van der Waals surface area contributed by atoms with Crippen molar-refractivity contribution in [1.82, 2.24) is 117 Å². The number of nitrogens with one attached hydrogen (secondary N) is 9. The first-order valence-corrected chi connectivity index (χ1v) is 33.9. The van der Waals surface area contributed by atoms with Gasteiger partial charge in [0.1, 0.15) is 23.3 Å². The van der Waals surface area contributed by atoms with Crippen molar-refractivity contribution in [2.24, 2.45) is 25.7 Å². The van der Waals surface area contributed by atoms with Gasteiger partial charge in [0.05, 0.1) is 34.0 Å². The molecule has 0 unspecified atom stereocenters. The Labute approximate surface area is 667 Å². The molecule has 566 valence electrons. The Balaban J connectivity index is 0.000000189. The normalized spacial score (nSPS) is 13.1. The standard InChI is InChI=1S/2C17H18ClN7O.C16H16ClN7O.C11H13N3.C6H5Cl2N3O.C4H7NO/c1-9-11(16-20-10(2)25(4)24-16)6-5-7-12(9)21-13-8-14(18)22-23-15(13)17(26)19-3;1-9-11(16-20-10(2)24-25(16)4)6-5-7-12(9)21-13-8-14(18)22-23-15(13)17(26)19-3;1-8-10(15-19-9(2)21-24-15)5-4-6-11(8)20-12-7-13(17)22-23-14(12)16(25)18-3;1-7-9(4-3-5-10(7)12)11-6-13-8(2)14-11;1-9-6(12)5-3(7)2-4(8)10-11-5;5-4(6)3-1-2-3/h2*5-8H,1-4H3,(H,19,26)(H,21,22);4-7H,1-3H3,(H,18,25)(H,20,22)(H,19,21,24);3-6H,12H2,1-2H3,(H,13,14);2H,1H3,(H,9,12);3H,1-2H2,(H2,5,6)/i3*3D3;;1D3;. The number of hydrogen-bond donors (Lipinski definition) is 11. The van der Waals surface area contributed by atoms with Crippen molar-refractivity contribution in [3.05, 3.63) is 197 Å². The van der Waals surface area contributed by atoms with Crippen LogP contribution in [0.5, 0.6) is 0 Å². The molecule has 0 spiro atoms. The fourth-order valence-corrected chi connectivity index (χ4v) is 10.6. The molecule has 0 aliphatic heterocycles. The number of H-pyrrole nitrogens is 2. The predicted molar refractivity (Wildman–Crippen MR) is 420 cm³/mol. The molecular weight excluding hydrogens is 1500 g/mol. The van der Waals surface area contributed by atoms with E-state index in [1.165, 1.54) is 24.3 Å². The predicted octanol–water partition coefficient (Wildman–Crippen LogP) is 11.2. The second kappa shape index (κ2) is 37.9. The van der Waals surface area contributed by atoms with Crippen LogP contribution < -0.4 is 48.7 Å². The first kappa shape index (κ1) is 66.3. The van der Waals surface area contributed by atoms with Gasteiger partial charge in [0.2, 0.25) is 5.91 Å². The van der Waals surface area contributed by atoms with Crippen molar-refractivity contribution in [3.8, 4) is 45.4 Å². The second-order valence-electron chi connectivity index (χ2n) is 23.3. The molecule has 1 aliphatic carbocycles. The number of aromatic nitrogens is 19. The molecule has 38 heteroatoms. The quantitative estimate of drug-likeness (QED) is 0.0425. The van der Waals surface area contributed by atoms with E-state index in [4.69, 9.17) is 85.9 Å². The van der Waals surface area contributed by atoms with Gasteiger partial charge in [-0.05, 0) is 121 Å². The van der Waals surface area contributed by atoms with E-state index in [9.17, 15) is 24.0 Å². The van der Waals surface area contributed by atoms with Crippen molar-refractivity contribution in [3.63, 3.8) is 0 Å². The summed E-state index contributed by atoms with van der Waals surface area (Å²) in [6.45, 7) is 4.47. The molecule has 13 rings (SSSR count). The van der Waals surface area contributed by atoms with Gasteiger partial charge in [0, 0.05) is 128 Å². The molecule has 0 bridgehead atoms. The Morgan fingerprint density at radius 3 is 1.30 bits per heavy atom. The van der Waals surface area contributed by atoms with Gasteiger partial charge in [-0.25, -0.2) is 24.6 Å². The van der Waals surface area contributed by atoms with E-state index in [0.29, 0.717) is 46.2 Å². The highest BCUT2D eigenvalue weighted by Gasteiger charge is 2.27. The zero-order chi connectivity index (χ0) is 89.5. The molecule has 0 radical (unpaired) electrons. The monoisotopic (exact) mass is 1590 g/mol. The summed E-state index contributed by atoms with van der Waals surface area (Å²) in [5.74, 6) is 1.30. The van der Waals surface area contributed by atoms with Gasteiger partial charge in [0.15, 0.2) is 60.9 Å². The van der Waals surface area contributed by atoms with Crippen LogP contribution in [-0.4, -0.2) is 153 Å². The second-order valence-corrected chi connectivity index (χ2v) is 25.3. The largest absolute Gasteiger partial charge is 0.398 e. The van der Waals surface area contributed by atoms with Crippen LogP contribution in [0.1, 0.15) is 117 Å². The number of carbonyl (C=O) groups is 5. The van der Waals surface area contributed by atoms with Gasteiger partial charge < -0.3 is 53.7 Å². The van der Waals surface area contributed by atoms with Crippen LogP contribution in [0, 0.1) is 61.3 Å². The van der Waals surface area contributed by atoms with Gasteiger partial charge in [-0.15, -0.1) is 40.8 Å². The van der Waals surface area contributed by atoms with Crippen LogP contribution in [0.3, 0.4) is 0 Å². The molecular formula is C71H77Cl5N28O5. The SMILES string of the molecule is Cc1ncc(-c2cccc(N)c2C)[nH]1.NC(=O)C1CC1.[2H]C([2H])([2H])NC(=O)c1nnc(Cl)cc1Cl.[2H]C([2H])([2H])NC(=O)c1nnc(Cl)cc1Nc1cccc(-c2n[nH]c(C)n2)c1C.[2H]C([2H])([2H])NC(=O)c1nnc(Cl)cc1Nc1cccc(-c2nc(C)n(C)n2)c1C.[2H]C([2H])([2H])NC(=O)c1nnc(Cl)cc1Nc1cccc(-c2nc(C)nn2C)c1C. The number of amides is 5. The van der Waals surface area contributed by atoms with E-state index >= 15 is 0 Å². The van der Waals surface area contributed by atoms with E-state index in [2.05, 4.69) is 102 Å². The van der Waals surface area contributed by atoms with Crippen LogP contribution in [0.2, 0.25) is 25.6 Å². The number of imidazole rings is 1. The maximum atomic E-state index is 12.3. The summed E-state index contributed by atoms with van der Waals surface area (Å²) in [5.41, 5.74) is 21.4. The lowest BCUT2D eigenvalue weighted by molar-refractivity contribution is -0.119. The van der Waals surface area contributed by atoms with Crippen LogP contribution in [0.4, 0.5) is 39.8 Å². The van der Waals surface area contributed by atoms with Crippen molar-refractivity contribution in [1.29, 1.82) is 0 Å². The third-order valence-corrected chi connectivity index (χ3v) is 16.7. The zero-order valence-corrected chi connectivity index (χ0v) is 63.3. The van der Waals surface area contributed by atoms with Gasteiger partial charge >= 0.3 is 0 Å². The topological polar surface area (TPSA) is 456 Å². The third-order valence-electron chi connectivity index (χ3n) is 15.7. The summed E-state index contributed by atoms with van der Waals surface area (Å²) in [7, 11) is 3.61. The van der Waals surface area contributed by atoms with Crippen LogP contribution in [-0.2, 0) is 18.9 Å². The van der Waals surface area contributed by atoms with Crippen molar-refractivity contribution in [2.75, 3.05) is 49.6 Å². The number of anilines is 7. The molecule has 109 heavy (non-hydrogen) atoms. The van der Waals surface area contributed by atoms with Crippen molar-refractivity contribution < 1.29 is 40.4 Å². The Morgan fingerprint density at radius 1 is 0.486 bits per heavy atom. The molecule has 0 atom stereocenters. The lowest BCUT2D eigenvalue weighted by Gasteiger charge is -2.14. The molecule has 1 aliphatic rings. The number of nitrogen functional groups attached to an aromatic ring is 1. The molecule has 0 saturated heterocycles. The maximum Gasteiger partial charge on any atom is 0.273 e. The molecule has 5 amide bonds. The number of rotatable bonds is 15. The zero-order valence-electron chi connectivity index (χ0n) is 71.5.